The number of aromatic nitrogens is 4. The summed E-state index contributed by atoms with van der Waals surface area (Å²) in [6.45, 7) is 15.5. The van der Waals surface area contributed by atoms with E-state index in [1.165, 1.54) is 22.4 Å². The molecule has 0 aliphatic rings. The molecule has 7 rings (SSSR count). The van der Waals surface area contributed by atoms with Gasteiger partial charge in [-0.15, -0.1) is 41.3 Å². The largest absolute Gasteiger partial charge is 2.00 e. The van der Waals surface area contributed by atoms with Crippen LogP contribution < -0.4 is 4.74 Å². The molecule has 4 aromatic carbocycles. The molecule has 3 heterocycles. The summed E-state index contributed by atoms with van der Waals surface area (Å²) < 4.78 is 10.7. The van der Waals surface area contributed by atoms with E-state index in [2.05, 4.69) is 112 Å². The minimum absolute atomic E-state index is 0. The summed E-state index contributed by atoms with van der Waals surface area (Å²) >= 11 is 0. The smallest absolute Gasteiger partial charge is 0.503 e. The summed E-state index contributed by atoms with van der Waals surface area (Å²) in [6.07, 6.45) is 5.82. The summed E-state index contributed by atoms with van der Waals surface area (Å²) in [5.74, 6) is 2.66. The molecule has 0 radical (unpaired) electrons. The summed E-state index contributed by atoms with van der Waals surface area (Å²) in [4.78, 5) is 9.57. The fourth-order valence-corrected chi connectivity index (χ4v) is 6.47. The molecular formula is C43H39N5OPt. The van der Waals surface area contributed by atoms with Crippen molar-refractivity contribution in [3.8, 4) is 40.3 Å². The minimum Gasteiger partial charge on any atom is -0.503 e. The first-order valence-corrected chi connectivity index (χ1v) is 16.8. The fourth-order valence-electron chi connectivity index (χ4n) is 6.47. The van der Waals surface area contributed by atoms with Crippen molar-refractivity contribution in [2.75, 3.05) is 0 Å². The molecular weight excluding hydrogens is 798 g/mol. The molecule has 0 N–H and O–H groups in total. The molecule has 0 aliphatic carbocycles. The van der Waals surface area contributed by atoms with E-state index in [0.717, 1.165) is 38.9 Å². The summed E-state index contributed by atoms with van der Waals surface area (Å²) in [7, 11) is 0. The van der Waals surface area contributed by atoms with Gasteiger partial charge in [-0.2, -0.15) is 11.3 Å². The number of para-hydroxylation sites is 1. The third-order valence-corrected chi connectivity index (χ3v) is 9.07. The third kappa shape index (κ3) is 6.51. The molecule has 252 valence electrons. The second kappa shape index (κ2) is 13.7. The Hall–Kier alpha value is -4.98. The van der Waals surface area contributed by atoms with E-state index in [1.807, 2.05) is 61.1 Å². The van der Waals surface area contributed by atoms with Crippen LogP contribution in [0.4, 0.5) is 0 Å². The van der Waals surface area contributed by atoms with Crippen molar-refractivity contribution in [3.63, 3.8) is 0 Å². The maximum Gasteiger partial charge on any atom is 2.00 e. The predicted molar refractivity (Wildman–Crippen MR) is 197 cm³/mol. The molecule has 0 atom stereocenters. The van der Waals surface area contributed by atoms with Crippen molar-refractivity contribution in [1.82, 2.24) is 19.1 Å². The van der Waals surface area contributed by atoms with Crippen molar-refractivity contribution in [2.24, 2.45) is 0 Å². The van der Waals surface area contributed by atoms with Gasteiger partial charge in [0.1, 0.15) is 5.82 Å². The minimum atomic E-state index is -0.0480. The monoisotopic (exact) mass is 836 g/mol. The van der Waals surface area contributed by atoms with Gasteiger partial charge >= 0.3 is 21.1 Å². The first kappa shape index (κ1) is 34.9. The fraction of sp³-hybridized carbons (Fsp3) is 0.233. The molecule has 0 amide bonds. The quantitative estimate of drug-likeness (QED) is 0.150. The van der Waals surface area contributed by atoms with Crippen LogP contribution in [0.5, 0.6) is 11.5 Å². The van der Waals surface area contributed by atoms with Crippen LogP contribution in [-0.4, -0.2) is 19.1 Å². The molecule has 0 fully saturated rings. The van der Waals surface area contributed by atoms with Crippen LogP contribution in [0.2, 0.25) is 0 Å². The van der Waals surface area contributed by atoms with E-state index in [1.54, 1.807) is 0 Å². The zero-order chi connectivity index (χ0) is 34.4. The Kier molecular flexibility index (Phi) is 9.58. The number of nitriles is 1. The van der Waals surface area contributed by atoms with E-state index in [-0.39, 0.29) is 26.5 Å². The van der Waals surface area contributed by atoms with Crippen molar-refractivity contribution in [2.45, 2.75) is 65.7 Å². The zero-order valence-corrected chi connectivity index (χ0v) is 31.6. The number of rotatable bonds is 7. The number of hydrogen-bond donors (Lipinski definition) is 0. The van der Waals surface area contributed by atoms with Crippen molar-refractivity contribution >= 4 is 21.8 Å². The summed E-state index contributed by atoms with van der Waals surface area (Å²) in [5, 5.41) is 11.6. The van der Waals surface area contributed by atoms with Gasteiger partial charge in [0, 0.05) is 28.9 Å². The van der Waals surface area contributed by atoms with E-state index < -0.39 is 0 Å². The molecule has 0 aliphatic heterocycles. The second-order valence-corrected chi connectivity index (χ2v) is 14.2. The molecule has 0 saturated heterocycles. The molecule has 7 aromatic rings. The number of pyridine rings is 1. The Morgan fingerprint density at radius 2 is 1.52 bits per heavy atom. The number of imidazole rings is 1. The van der Waals surface area contributed by atoms with Gasteiger partial charge in [-0.05, 0) is 75.9 Å². The van der Waals surface area contributed by atoms with Crippen LogP contribution in [0.3, 0.4) is 0 Å². The van der Waals surface area contributed by atoms with Gasteiger partial charge in [0.15, 0.2) is 0 Å². The van der Waals surface area contributed by atoms with Crippen molar-refractivity contribution in [1.29, 1.82) is 5.26 Å². The van der Waals surface area contributed by atoms with Crippen molar-refractivity contribution < 1.29 is 25.8 Å². The van der Waals surface area contributed by atoms with Gasteiger partial charge in [-0.25, -0.2) is 4.98 Å². The van der Waals surface area contributed by atoms with Crippen LogP contribution in [0.25, 0.3) is 44.6 Å². The third-order valence-electron chi connectivity index (χ3n) is 9.07. The van der Waals surface area contributed by atoms with Crippen molar-refractivity contribution in [3.05, 3.63) is 132 Å². The average molecular weight is 837 g/mol. The number of hydrogen-bond acceptors (Lipinski definition) is 4. The average Bonchev–Trinajstić information content (AvgIpc) is 3.70. The summed E-state index contributed by atoms with van der Waals surface area (Å²) in [5.41, 5.74) is 8.94. The summed E-state index contributed by atoms with van der Waals surface area (Å²) in [6, 6.07) is 35.5. The second-order valence-electron chi connectivity index (χ2n) is 14.2. The van der Waals surface area contributed by atoms with Crippen LogP contribution >= 0.6 is 0 Å². The van der Waals surface area contributed by atoms with E-state index in [0.29, 0.717) is 28.9 Å². The molecule has 0 bridgehead atoms. The van der Waals surface area contributed by atoms with Gasteiger partial charge in [0.2, 0.25) is 0 Å². The van der Waals surface area contributed by atoms with E-state index in [4.69, 9.17) is 14.7 Å². The van der Waals surface area contributed by atoms with Crippen LogP contribution in [0.1, 0.15) is 82.6 Å². The SMILES string of the molecule is CC(C)c1cccc(C(C)C)c1-n1cnc(-c2[c-]c(Oc3[c-]c4c(cc3)c3cc(C#N)ccc3n4-c3cc(C(C)(C)C)ccn3)ccc2)c1.[Pt+2]. The topological polar surface area (TPSA) is 68.7 Å². The Labute approximate surface area is 308 Å². The zero-order valence-electron chi connectivity index (χ0n) is 29.4. The van der Waals surface area contributed by atoms with Gasteiger partial charge in [0.05, 0.1) is 23.6 Å². The van der Waals surface area contributed by atoms with E-state index in [9.17, 15) is 5.26 Å². The van der Waals surface area contributed by atoms with Gasteiger partial charge in [-0.1, -0.05) is 78.2 Å². The predicted octanol–water partition coefficient (Wildman–Crippen LogP) is 10.8. The van der Waals surface area contributed by atoms with Gasteiger partial charge in [0.25, 0.3) is 0 Å². The first-order chi connectivity index (χ1) is 23.5. The number of benzene rings is 4. The molecule has 0 spiro atoms. The normalized spacial score (nSPS) is 11.7. The molecule has 50 heavy (non-hydrogen) atoms. The Morgan fingerprint density at radius 3 is 2.22 bits per heavy atom. The Bertz CT molecular complexity index is 2360. The standard InChI is InChI=1S/C43H39N5O.Pt/c1-27(2)34-12-9-13-35(28(3)4)42(34)47-25-38(46-26-47)30-10-8-11-32(21-30)49-33-15-16-36-37-20-29(24-44)14-17-39(37)48(40(36)23-33)41-22-31(18-19-45-41)43(5,6)7;/h8-20,22,25-28H,1-7H3;/q-2;+2. The maximum atomic E-state index is 9.65. The molecule has 0 unspecified atom stereocenters. The maximum absolute atomic E-state index is 9.65. The van der Waals surface area contributed by atoms with Crippen LogP contribution in [0.15, 0.2) is 97.6 Å². The van der Waals surface area contributed by atoms with Gasteiger partial charge in [-0.3, -0.25) is 4.98 Å². The number of nitrogens with zero attached hydrogens (tertiary/aromatic N) is 5. The van der Waals surface area contributed by atoms with Crippen LogP contribution in [0, 0.1) is 23.5 Å². The molecule has 6 nitrogen and oxygen atoms in total. The molecule has 0 saturated carbocycles. The number of fused-ring (bicyclic) bond motifs is 3. The first-order valence-electron chi connectivity index (χ1n) is 16.8. The Morgan fingerprint density at radius 1 is 0.800 bits per heavy atom. The Balaban J connectivity index is 0.00000432. The molecule has 3 aromatic heterocycles. The van der Waals surface area contributed by atoms with Gasteiger partial charge < -0.3 is 13.9 Å². The molecule has 7 heteroatoms. The number of ether oxygens (including phenoxy) is 1. The van der Waals surface area contributed by atoms with E-state index >= 15 is 0 Å². The van der Waals surface area contributed by atoms with Crippen LogP contribution in [-0.2, 0) is 26.5 Å².